The summed E-state index contributed by atoms with van der Waals surface area (Å²) in [6.07, 6.45) is 8.51. The van der Waals surface area contributed by atoms with Crippen LogP contribution in [0, 0.1) is 0 Å². The number of thiophene rings is 1. The Morgan fingerprint density at radius 3 is 2.52 bits per heavy atom. The van der Waals surface area contributed by atoms with Crippen LogP contribution < -0.4 is 5.32 Å². The molecule has 2 heterocycles. The first-order chi connectivity index (χ1) is 16.1. The summed E-state index contributed by atoms with van der Waals surface area (Å²) in [5.74, 6) is -0.0883. The number of aryl methyl sites for hydroxylation is 1. The van der Waals surface area contributed by atoms with E-state index in [0.29, 0.717) is 19.4 Å². The average Bonchev–Trinajstić information content (AvgIpc) is 3.49. The van der Waals surface area contributed by atoms with Gasteiger partial charge in [-0.3, -0.25) is 9.59 Å². The Morgan fingerprint density at radius 2 is 1.85 bits per heavy atom. The molecule has 1 aromatic carbocycles. The summed E-state index contributed by atoms with van der Waals surface area (Å²) in [5.41, 5.74) is 2.00. The molecule has 1 N–H and O–H groups in total. The maximum Gasteiger partial charge on any atom is 0.249 e. The first kappa shape index (κ1) is 23.3. The molecule has 174 valence electrons. The molecule has 0 saturated heterocycles. The Hall–Kier alpha value is -2.86. The Labute approximate surface area is 200 Å². The van der Waals surface area contributed by atoms with Gasteiger partial charge in [0.05, 0.1) is 6.42 Å². The highest BCUT2D eigenvalue weighted by molar-refractivity contribution is 7.10. The van der Waals surface area contributed by atoms with Gasteiger partial charge in [-0.15, -0.1) is 11.3 Å². The van der Waals surface area contributed by atoms with E-state index >= 15 is 0 Å². The molecular weight excluding hydrogens is 430 g/mol. The molecule has 0 bridgehead atoms. The number of carbonyl (C=O) groups is 2. The van der Waals surface area contributed by atoms with Crippen LogP contribution in [0.1, 0.15) is 54.3 Å². The molecule has 1 atom stereocenters. The lowest BCUT2D eigenvalue weighted by Gasteiger charge is -2.33. The number of nitrogens with zero attached hydrogens (tertiary/aromatic N) is 2. The summed E-state index contributed by atoms with van der Waals surface area (Å²) in [6, 6.07) is 17.5. The summed E-state index contributed by atoms with van der Waals surface area (Å²) in [5, 5.41) is 5.27. The second-order valence-corrected chi connectivity index (χ2v) is 9.90. The van der Waals surface area contributed by atoms with E-state index in [9.17, 15) is 9.59 Å². The number of carbonyl (C=O) groups excluding carboxylic acids is 2. The zero-order chi connectivity index (χ0) is 23.0. The van der Waals surface area contributed by atoms with E-state index in [2.05, 4.69) is 17.4 Å². The smallest absolute Gasteiger partial charge is 0.249 e. The normalized spacial score (nSPS) is 15.2. The predicted octanol–water partition coefficient (Wildman–Crippen LogP) is 4.89. The van der Waals surface area contributed by atoms with Crippen LogP contribution in [0.25, 0.3) is 0 Å². The lowest BCUT2D eigenvalue weighted by atomic mass is 9.95. The first-order valence-corrected chi connectivity index (χ1v) is 12.8. The maximum absolute atomic E-state index is 13.7. The molecule has 0 unspecified atom stereocenters. The fourth-order valence-electron chi connectivity index (χ4n) is 4.68. The molecule has 5 nitrogen and oxygen atoms in total. The zero-order valence-electron chi connectivity index (χ0n) is 19.3. The number of amides is 2. The molecule has 0 aliphatic heterocycles. The highest BCUT2D eigenvalue weighted by Gasteiger charge is 2.34. The highest BCUT2D eigenvalue weighted by atomic mass is 32.1. The van der Waals surface area contributed by atoms with Gasteiger partial charge in [-0.1, -0.05) is 55.7 Å². The fourth-order valence-corrected chi connectivity index (χ4v) is 5.37. The third kappa shape index (κ3) is 6.14. The van der Waals surface area contributed by atoms with E-state index in [1.165, 1.54) is 6.42 Å². The van der Waals surface area contributed by atoms with Gasteiger partial charge < -0.3 is 14.8 Å². The van der Waals surface area contributed by atoms with Gasteiger partial charge in [-0.25, -0.2) is 0 Å². The van der Waals surface area contributed by atoms with Crippen LogP contribution >= 0.6 is 11.3 Å². The summed E-state index contributed by atoms with van der Waals surface area (Å²) in [6.45, 7) is 0.488. The van der Waals surface area contributed by atoms with Crippen molar-refractivity contribution in [3.05, 3.63) is 82.3 Å². The third-order valence-electron chi connectivity index (χ3n) is 6.49. The molecule has 1 aliphatic carbocycles. The lowest BCUT2D eigenvalue weighted by Crippen LogP contribution is -2.48. The molecule has 6 heteroatoms. The second kappa shape index (κ2) is 11.3. The Morgan fingerprint density at radius 1 is 1.06 bits per heavy atom. The van der Waals surface area contributed by atoms with Crippen molar-refractivity contribution < 1.29 is 9.59 Å². The van der Waals surface area contributed by atoms with Gasteiger partial charge in [-0.2, -0.15) is 0 Å². The number of nitrogens with one attached hydrogen (secondary N) is 1. The van der Waals surface area contributed by atoms with E-state index in [-0.39, 0.29) is 17.9 Å². The second-order valence-electron chi connectivity index (χ2n) is 8.87. The summed E-state index contributed by atoms with van der Waals surface area (Å²) >= 11 is 1.58. The largest absolute Gasteiger partial charge is 0.352 e. The molecular formula is C27H33N3O2S. The monoisotopic (exact) mass is 463 g/mol. The third-order valence-corrected chi connectivity index (χ3v) is 7.36. The molecule has 2 aromatic heterocycles. The van der Waals surface area contributed by atoms with Crippen LogP contribution in [0.2, 0.25) is 0 Å². The number of hydrogen-bond acceptors (Lipinski definition) is 3. The minimum atomic E-state index is -0.650. The van der Waals surface area contributed by atoms with Crippen LogP contribution in [0.3, 0.4) is 0 Å². The minimum absolute atomic E-state index is 0.0154. The van der Waals surface area contributed by atoms with Gasteiger partial charge in [0.2, 0.25) is 11.8 Å². The van der Waals surface area contributed by atoms with Gasteiger partial charge in [0.1, 0.15) is 0 Å². The van der Waals surface area contributed by atoms with Crippen LogP contribution in [0.4, 0.5) is 0 Å². The molecule has 0 spiro atoms. The van der Waals surface area contributed by atoms with E-state index in [1.54, 1.807) is 16.2 Å². The Kier molecular flexibility index (Phi) is 8.00. The van der Waals surface area contributed by atoms with Crippen LogP contribution in [0.15, 0.2) is 66.2 Å². The van der Waals surface area contributed by atoms with E-state index in [4.69, 9.17) is 0 Å². The van der Waals surface area contributed by atoms with Crippen LogP contribution in [-0.4, -0.2) is 33.9 Å². The molecule has 1 fully saturated rings. The van der Waals surface area contributed by atoms with E-state index in [0.717, 1.165) is 41.8 Å². The van der Waals surface area contributed by atoms with E-state index in [1.807, 2.05) is 65.7 Å². The van der Waals surface area contributed by atoms with Crippen molar-refractivity contribution >= 4 is 23.2 Å². The molecule has 3 aromatic rings. The topological polar surface area (TPSA) is 54.3 Å². The van der Waals surface area contributed by atoms with Gasteiger partial charge in [0.25, 0.3) is 0 Å². The minimum Gasteiger partial charge on any atom is -0.352 e. The van der Waals surface area contributed by atoms with Crippen LogP contribution in [0.5, 0.6) is 0 Å². The SMILES string of the molecule is Cn1cccc1[C@H](C(=O)NC1CCCCC1)N(CCc1ccccc1)C(=O)Cc1cccs1. The molecule has 4 rings (SSSR count). The first-order valence-electron chi connectivity index (χ1n) is 11.9. The average molecular weight is 464 g/mol. The van der Waals surface area contributed by atoms with Crippen molar-refractivity contribution in [2.24, 2.45) is 7.05 Å². The van der Waals surface area contributed by atoms with Crippen molar-refractivity contribution in [1.29, 1.82) is 0 Å². The highest BCUT2D eigenvalue weighted by Crippen LogP contribution is 2.26. The maximum atomic E-state index is 13.7. The van der Waals surface area contributed by atoms with Crippen molar-refractivity contribution in [3.8, 4) is 0 Å². The molecule has 0 radical (unpaired) electrons. The number of rotatable bonds is 9. The van der Waals surface area contributed by atoms with Crippen LogP contribution in [-0.2, 0) is 29.5 Å². The van der Waals surface area contributed by atoms with Crippen molar-refractivity contribution in [1.82, 2.24) is 14.8 Å². The van der Waals surface area contributed by atoms with Crippen molar-refractivity contribution in [3.63, 3.8) is 0 Å². The van der Waals surface area contributed by atoms with Gasteiger partial charge in [-0.05, 0) is 48.4 Å². The molecule has 1 aliphatic rings. The standard InChI is InChI=1S/C27H33N3O2S/c1-29-17-8-15-24(29)26(27(32)28-22-12-6-3-7-13-22)30(18-16-21-10-4-2-5-11-21)25(31)20-23-14-9-19-33-23/h2,4-5,8-11,14-15,17,19,22,26H,3,6-7,12-13,16,18,20H2,1H3,(H,28,32)/t26-/m1/s1. The Bertz CT molecular complexity index is 1020. The number of benzene rings is 1. The molecule has 33 heavy (non-hydrogen) atoms. The molecule has 2 amide bonds. The Balaban J connectivity index is 1.62. The zero-order valence-corrected chi connectivity index (χ0v) is 20.1. The molecule has 1 saturated carbocycles. The summed E-state index contributed by atoms with van der Waals surface area (Å²) in [4.78, 5) is 30.1. The van der Waals surface area contributed by atoms with Crippen molar-refractivity contribution in [2.75, 3.05) is 6.54 Å². The number of hydrogen-bond donors (Lipinski definition) is 1. The summed E-state index contributed by atoms with van der Waals surface area (Å²) in [7, 11) is 1.94. The van der Waals surface area contributed by atoms with Gasteiger partial charge in [0.15, 0.2) is 6.04 Å². The van der Waals surface area contributed by atoms with Gasteiger partial charge in [0, 0.05) is 36.4 Å². The quantitative estimate of drug-likeness (QED) is 0.491. The lowest BCUT2D eigenvalue weighted by molar-refractivity contribution is -0.141. The fraction of sp³-hybridized carbons (Fsp3) is 0.407. The number of aromatic nitrogens is 1. The van der Waals surface area contributed by atoms with Crippen molar-refractivity contribution in [2.45, 2.75) is 57.0 Å². The summed E-state index contributed by atoms with van der Waals surface area (Å²) < 4.78 is 1.96. The van der Waals surface area contributed by atoms with E-state index < -0.39 is 6.04 Å². The van der Waals surface area contributed by atoms with Gasteiger partial charge >= 0.3 is 0 Å². The predicted molar refractivity (Wildman–Crippen MR) is 133 cm³/mol.